The van der Waals surface area contributed by atoms with Gasteiger partial charge in [0.1, 0.15) is 6.67 Å². The lowest BCUT2D eigenvalue weighted by Crippen LogP contribution is -2.35. The van der Waals surface area contributed by atoms with Crippen LogP contribution in [-0.4, -0.2) is 24.9 Å². The summed E-state index contributed by atoms with van der Waals surface area (Å²) < 4.78 is 0. The maximum Gasteiger partial charge on any atom is 0.102 e. The third kappa shape index (κ3) is 6.86. The second-order valence-corrected chi connectivity index (χ2v) is 2.05. The highest BCUT2D eigenvalue weighted by Gasteiger charge is 1.86. The second kappa shape index (κ2) is 7.08. The summed E-state index contributed by atoms with van der Waals surface area (Å²) in [7, 11) is 1.89. The van der Waals surface area contributed by atoms with Gasteiger partial charge >= 0.3 is 0 Å². The van der Waals surface area contributed by atoms with E-state index < -0.39 is 0 Å². The molecule has 0 aliphatic heterocycles. The van der Waals surface area contributed by atoms with Gasteiger partial charge in [-0.2, -0.15) is 5.10 Å². The maximum absolute atomic E-state index is 4.09. The summed E-state index contributed by atoms with van der Waals surface area (Å²) in [6.07, 6.45) is 4.40. The van der Waals surface area contributed by atoms with Gasteiger partial charge in [0.05, 0.1) is 0 Å². The molecule has 0 aliphatic carbocycles. The van der Waals surface area contributed by atoms with Crippen molar-refractivity contribution in [3.8, 4) is 0 Å². The molecule has 0 saturated heterocycles. The number of rotatable bonds is 6. The van der Waals surface area contributed by atoms with Crippen molar-refractivity contribution in [2.75, 3.05) is 13.7 Å². The SMILES string of the molecule is C=CNNCN(C)/N=C\CC. The number of hydrazone groups is 1. The fourth-order valence-corrected chi connectivity index (χ4v) is 0.494. The highest BCUT2D eigenvalue weighted by molar-refractivity contribution is 5.55. The van der Waals surface area contributed by atoms with E-state index in [9.17, 15) is 0 Å². The molecular formula is C7H16N4. The van der Waals surface area contributed by atoms with Gasteiger partial charge < -0.3 is 5.43 Å². The van der Waals surface area contributed by atoms with Crippen LogP contribution in [0.15, 0.2) is 17.9 Å². The quantitative estimate of drug-likeness (QED) is 0.255. The first kappa shape index (κ1) is 9.97. The molecule has 0 bridgehead atoms. The van der Waals surface area contributed by atoms with Gasteiger partial charge in [-0.05, 0) is 6.42 Å². The molecular weight excluding hydrogens is 140 g/mol. The van der Waals surface area contributed by atoms with Crippen molar-refractivity contribution in [3.05, 3.63) is 12.8 Å². The molecule has 2 N–H and O–H groups in total. The van der Waals surface area contributed by atoms with Crippen LogP contribution in [0.3, 0.4) is 0 Å². The Balaban J connectivity index is 3.28. The summed E-state index contributed by atoms with van der Waals surface area (Å²) >= 11 is 0. The Labute approximate surface area is 67.9 Å². The third-order valence-electron chi connectivity index (χ3n) is 0.973. The van der Waals surface area contributed by atoms with Crippen molar-refractivity contribution in [3.63, 3.8) is 0 Å². The minimum Gasteiger partial charge on any atom is -0.328 e. The number of nitrogens with zero attached hydrogens (tertiary/aromatic N) is 2. The van der Waals surface area contributed by atoms with Crippen molar-refractivity contribution in [2.24, 2.45) is 5.10 Å². The van der Waals surface area contributed by atoms with E-state index in [0.717, 1.165) is 6.42 Å². The Morgan fingerprint density at radius 1 is 1.64 bits per heavy atom. The highest BCUT2D eigenvalue weighted by atomic mass is 15.5. The van der Waals surface area contributed by atoms with Gasteiger partial charge in [0.2, 0.25) is 0 Å². The predicted molar refractivity (Wildman–Crippen MR) is 47.9 cm³/mol. The van der Waals surface area contributed by atoms with Crippen molar-refractivity contribution in [2.45, 2.75) is 13.3 Å². The Bertz CT molecular complexity index is 122. The van der Waals surface area contributed by atoms with Crippen LogP contribution in [0.25, 0.3) is 0 Å². The van der Waals surface area contributed by atoms with Crippen LogP contribution >= 0.6 is 0 Å². The van der Waals surface area contributed by atoms with Crippen LogP contribution in [0, 0.1) is 0 Å². The molecule has 0 unspecified atom stereocenters. The molecule has 0 spiro atoms. The van der Waals surface area contributed by atoms with E-state index in [4.69, 9.17) is 0 Å². The van der Waals surface area contributed by atoms with Gasteiger partial charge in [0, 0.05) is 19.5 Å². The van der Waals surface area contributed by atoms with E-state index in [1.54, 1.807) is 11.2 Å². The fraction of sp³-hybridized carbons (Fsp3) is 0.571. The minimum absolute atomic E-state index is 0.655. The molecule has 0 saturated carbocycles. The Kier molecular flexibility index (Phi) is 6.42. The van der Waals surface area contributed by atoms with Crippen LogP contribution in [0.5, 0.6) is 0 Å². The fourth-order valence-electron chi connectivity index (χ4n) is 0.494. The lowest BCUT2D eigenvalue weighted by atomic mass is 10.6. The first-order valence-electron chi connectivity index (χ1n) is 3.64. The summed E-state index contributed by atoms with van der Waals surface area (Å²) in [4.78, 5) is 0. The maximum atomic E-state index is 4.09. The molecule has 0 aromatic heterocycles. The normalized spacial score (nSPS) is 10.0. The minimum atomic E-state index is 0.655. The zero-order valence-electron chi connectivity index (χ0n) is 7.17. The summed E-state index contributed by atoms with van der Waals surface area (Å²) in [5.41, 5.74) is 5.64. The molecule has 4 nitrogen and oxygen atoms in total. The number of hydrogen-bond donors (Lipinski definition) is 2. The molecule has 0 aliphatic rings. The summed E-state index contributed by atoms with van der Waals surface area (Å²) in [5, 5.41) is 5.88. The van der Waals surface area contributed by atoms with Gasteiger partial charge in [-0.15, -0.1) is 0 Å². The van der Waals surface area contributed by atoms with Gasteiger partial charge in [-0.3, -0.25) is 5.01 Å². The van der Waals surface area contributed by atoms with Crippen LogP contribution in [0.1, 0.15) is 13.3 Å². The van der Waals surface area contributed by atoms with Crippen molar-refractivity contribution in [1.29, 1.82) is 0 Å². The average molecular weight is 156 g/mol. The predicted octanol–water partition coefficient (Wildman–Crippen LogP) is 0.509. The molecule has 0 radical (unpaired) electrons. The van der Waals surface area contributed by atoms with Gasteiger partial charge in [-0.1, -0.05) is 13.5 Å². The van der Waals surface area contributed by atoms with Crippen LogP contribution in [0.4, 0.5) is 0 Å². The topological polar surface area (TPSA) is 39.7 Å². The van der Waals surface area contributed by atoms with Crippen molar-refractivity contribution >= 4 is 6.21 Å². The molecule has 0 fully saturated rings. The molecule has 64 valence electrons. The number of hydrogen-bond acceptors (Lipinski definition) is 4. The van der Waals surface area contributed by atoms with Crippen LogP contribution in [0.2, 0.25) is 0 Å². The molecule has 0 aromatic carbocycles. The molecule has 4 heteroatoms. The van der Waals surface area contributed by atoms with E-state index >= 15 is 0 Å². The first-order valence-corrected chi connectivity index (χ1v) is 3.64. The monoisotopic (exact) mass is 156 g/mol. The Hall–Kier alpha value is -1.03. The van der Waals surface area contributed by atoms with Crippen molar-refractivity contribution in [1.82, 2.24) is 15.9 Å². The van der Waals surface area contributed by atoms with E-state index in [0.29, 0.717) is 6.67 Å². The number of nitrogens with one attached hydrogen (secondary N) is 2. The van der Waals surface area contributed by atoms with Crippen LogP contribution < -0.4 is 10.9 Å². The standard InChI is InChI=1S/C7H16N4/c1-4-6-10-11(3)7-9-8-5-2/h5-6,8-9H,2,4,7H2,1,3H3/b10-6-. The lowest BCUT2D eigenvalue weighted by molar-refractivity contribution is 0.311. The van der Waals surface area contributed by atoms with Gasteiger partial charge in [0.15, 0.2) is 0 Å². The zero-order chi connectivity index (χ0) is 8.53. The molecule has 0 heterocycles. The van der Waals surface area contributed by atoms with Gasteiger partial charge in [-0.25, -0.2) is 5.43 Å². The second-order valence-electron chi connectivity index (χ2n) is 2.05. The largest absolute Gasteiger partial charge is 0.328 e. The van der Waals surface area contributed by atoms with Crippen molar-refractivity contribution < 1.29 is 0 Å². The molecule has 11 heavy (non-hydrogen) atoms. The molecule has 0 amide bonds. The third-order valence-corrected chi connectivity index (χ3v) is 0.973. The molecule has 0 atom stereocenters. The van der Waals surface area contributed by atoms with E-state index in [2.05, 4.69) is 22.5 Å². The Morgan fingerprint density at radius 2 is 2.36 bits per heavy atom. The average Bonchev–Trinajstić information content (AvgIpc) is 2.01. The van der Waals surface area contributed by atoms with Crippen LogP contribution in [-0.2, 0) is 0 Å². The summed E-state index contributed by atoms with van der Waals surface area (Å²) in [6.45, 7) is 6.19. The van der Waals surface area contributed by atoms with E-state index in [1.807, 2.05) is 20.2 Å². The lowest BCUT2D eigenvalue weighted by Gasteiger charge is -2.12. The molecule has 0 rings (SSSR count). The highest BCUT2D eigenvalue weighted by Crippen LogP contribution is 1.78. The molecule has 0 aromatic rings. The zero-order valence-corrected chi connectivity index (χ0v) is 7.17. The van der Waals surface area contributed by atoms with E-state index in [-0.39, 0.29) is 0 Å². The Morgan fingerprint density at radius 3 is 2.91 bits per heavy atom. The first-order chi connectivity index (χ1) is 5.31. The smallest absolute Gasteiger partial charge is 0.102 e. The summed E-state index contributed by atoms with van der Waals surface area (Å²) in [5.74, 6) is 0. The van der Waals surface area contributed by atoms with E-state index in [1.165, 1.54) is 0 Å². The number of hydrazine groups is 1. The summed E-state index contributed by atoms with van der Waals surface area (Å²) in [6, 6.07) is 0. The van der Waals surface area contributed by atoms with Gasteiger partial charge in [0.25, 0.3) is 0 Å².